The first-order valence-corrected chi connectivity index (χ1v) is 4.93. The van der Waals surface area contributed by atoms with Gasteiger partial charge in [-0.05, 0) is 25.0 Å². The van der Waals surface area contributed by atoms with Gasteiger partial charge in [-0.1, -0.05) is 45.4 Å². The largest absolute Gasteiger partial charge is 0.216 e. The predicted molar refractivity (Wildman–Crippen MR) is 59.4 cm³/mol. The number of rotatable bonds is 4. The van der Waals surface area contributed by atoms with Crippen molar-refractivity contribution in [1.29, 1.82) is 0 Å². The molecule has 76 valence electrons. The summed E-state index contributed by atoms with van der Waals surface area (Å²) in [5, 5.41) is 0. The smallest absolute Gasteiger partial charge is 0.0867 e. The van der Waals surface area contributed by atoms with E-state index in [0.29, 0.717) is 6.33 Å². The Kier molecular flexibility index (Phi) is 15.5. The fourth-order valence-corrected chi connectivity index (χ4v) is 0.885. The molecule has 13 heavy (non-hydrogen) atoms. The van der Waals surface area contributed by atoms with E-state index in [2.05, 4.69) is 6.92 Å². The van der Waals surface area contributed by atoms with E-state index < -0.39 is 0 Å². The molecular weight excluding hydrogens is 163 g/mol. The summed E-state index contributed by atoms with van der Waals surface area (Å²) in [5.41, 5.74) is 1.17. The van der Waals surface area contributed by atoms with Crippen LogP contribution >= 0.6 is 0 Å². The summed E-state index contributed by atoms with van der Waals surface area (Å²) in [7, 11) is 0. The van der Waals surface area contributed by atoms with Crippen LogP contribution in [0.15, 0.2) is 36.2 Å². The Hall–Kier alpha value is -0.850. The molecular formula is C12H21F. The lowest BCUT2D eigenvalue weighted by molar-refractivity contribution is 0.721. The molecule has 0 aliphatic rings. The highest BCUT2D eigenvalue weighted by molar-refractivity contribution is 5.22. The maximum Gasteiger partial charge on any atom is 0.0867 e. The molecule has 0 bridgehead atoms. The van der Waals surface area contributed by atoms with Crippen LogP contribution in [0.1, 0.15) is 40.5 Å². The average molecular weight is 184 g/mol. The zero-order valence-electron chi connectivity index (χ0n) is 9.18. The third-order valence-electron chi connectivity index (χ3n) is 1.30. The SMILES string of the molecule is CC.C\C=C/C(=C\C=C\F)CCC. The minimum absolute atomic E-state index is 0.555. The van der Waals surface area contributed by atoms with Gasteiger partial charge in [-0.15, -0.1) is 0 Å². The zero-order chi connectivity index (χ0) is 10.5. The van der Waals surface area contributed by atoms with Crippen LogP contribution in [0.2, 0.25) is 0 Å². The van der Waals surface area contributed by atoms with E-state index in [9.17, 15) is 4.39 Å². The van der Waals surface area contributed by atoms with Gasteiger partial charge in [-0.25, -0.2) is 4.39 Å². The van der Waals surface area contributed by atoms with E-state index in [1.54, 1.807) is 6.08 Å². The number of hydrogen-bond donors (Lipinski definition) is 0. The maximum absolute atomic E-state index is 11.6. The van der Waals surface area contributed by atoms with Gasteiger partial charge in [-0.3, -0.25) is 0 Å². The van der Waals surface area contributed by atoms with Crippen LogP contribution in [-0.4, -0.2) is 0 Å². The Balaban J connectivity index is 0. The second kappa shape index (κ2) is 13.7. The topological polar surface area (TPSA) is 0 Å². The second-order valence-electron chi connectivity index (χ2n) is 2.31. The molecule has 0 aliphatic carbocycles. The molecule has 0 aromatic rings. The van der Waals surface area contributed by atoms with Crippen LogP contribution in [0.4, 0.5) is 4.39 Å². The summed E-state index contributed by atoms with van der Waals surface area (Å²) >= 11 is 0. The van der Waals surface area contributed by atoms with Crippen molar-refractivity contribution < 1.29 is 4.39 Å². The molecule has 0 fully saturated rings. The van der Waals surface area contributed by atoms with E-state index in [4.69, 9.17) is 0 Å². The van der Waals surface area contributed by atoms with E-state index in [1.807, 2.05) is 32.9 Å². The molecule has 0 rings (SSSR count). The van der Waals surface area contributed by atoms with Gasteiger partial charge in [0.1, 0.15) is 0 Å². The Morgan fingerprint density at radius 2 is 1.92 bits per heavy atom. The first-order chi connectivity index (χ1) is 6.35. The molecule has 0 saturated carbocycles. The highest BCUT2D eigenvalue weighted by Gasteiger charge is 1.86. The van der Waals surface area contributed by atoms with Crippen molar-refractivity contribution in [3.05, 3.63) is 36.2 Å². The van der Waals surface area contributed by atoms with Crippen molar-refractivity contribution in [2.24, 2.45) is 0 Å². The molecule has 0 aliphatic heterocycles. The number of halogens is 1. The van der Waals surface area contributed by atoms with Gasteiger partial charge in [-0.2, -0.15) is 0 Å². The quantitative estimate of drug-likeness (QED) is 0.550. The molecule has 0 heterocycles. The highest BCUT2D eigenvalue weighted by atomic mass is 19.1. The molecule has 0 unspecified atom stereocenters. The van der Waals surface area contributed by atoms with Gasteiger partial charge < -0.3 is 0 Å². The molecule has 0 saturated heterocycles. The van der Waals surface area contributed by atoms with Gasteiger partial charge >= 0.3 is 0 Å². The Morgan fingerprint density at radius 3 is 2.31 bits per heavy atom. The molecule has 0 N–H and O–H groups in total. The lowest BCUT2D eigenvalue weighted by Gasteiger charge is -1.95. The van der Waals surface area contributed by atoms with Crippen LogP contribution in [-0.2, 0) is 0 Å². The second-order valence-corrected chi connectivity index (χ2v) is 2.31. The molecule has 0 spiro atoms. The molecule has 0 nitrogen and oxygen atoms in total. The minimum Gasteiger partial charge on any atom is -0.216 e. The van der Waals surface area contributed by atoms with Gasteiger partial charge in [0.2, 0.25) is 0 Å². The number of hydrogen-bond acceptors (Lipinski definition) is 0. The first-order valence-electron chi connectivity index (χ1n) is 4.93. The third-order valence-corrected chi connectivity index (χ3v) is 1.30. The molecule has 1 heteroatoms. The standard InChI is InChI=1S/C10H15F.C2H6/c1-3-6-10(7-4-2)8-5-9-11;1-2/h3,5-6,8-9H,4,7H2,1-2H3;1-2H3/b6-3-,9-5+,10-8+;. The van der Waals surface area contributed by atoms with E-state index in [-0.39, 0.29) is 0 Å². The van der Waals surface area contributed by atoms with Crippen LogP contribution in [0, 0.1) is 0 Å². The monoisotopic (exact) mass is 184 g/mol. The third kappa shape index (κ3) is 11.1. The van der Waals surface area contributed by atoms with E-state index in [1.165, 1.54) is 11.6 Å². The van der Waals surface area contributed by atoms with Gasteiger partial charge in [0, 0.05) is 0 Å². The van der Waals surface area contributed by atoms with Crippen molar-refractivity contribution in [3.63, 3.8) is 0 Å². The van der Waals surface area contributed by atoms with Crippen molar-refractivity contribution in [3.8, 4) is 0 Å². The number of allylic oxidation sites excluding steroid dienone is 5. The normalized spacial score (nSPS) is 11.9. The minimum atomic E-state index is 0.555. The zero-order valence-corrected chi connectivity index (χ0v) is 9.18. The Labute approximate surface area is 81.9 Å². The summed E-state index contributed by atoms with van der Waals surface area (Å²) in [5.74, 6) is 0. The molecule has 0 aromatic carbocycles. The highest BCUT2D eigenvalue weighted by Crippen LogP contribution is 2.06. The van der Waals surface area contributed by atoms with Crippen molar-refractivity contribution in [1.82, 2.24) is 0 Å². The Morgan fingerprint density at radius 1 is 1.31 bits per heavy atom. The van der Waals surface area contributed by atoms with Crippen LogP contribution in [0.5, 0.6) is 0 Å². The van der Waals surface area contributed by atoms with Crippen LogP contribution in [0.3, 0.4) is 0 Å². The molecule has 0 amide bonds. The molecule has 0 atom stereocenters. The lowest BCUT2D eigenvalue weighted by atomic mass is 10.1. The van der Waals surface area contributed by atoms with Crippen LogP contribution < -0.4 is 0 Å². The van der Waals surface area contributed by atoms with Gasteiger partial charge in [0.25, 0.3) is 0 Å². The predicted octanol–water partition coefficient (Wildman–Crippen LogP) is 4.80. The summed E-state index contributed by atoms with van der Waals surface area (Å²) < 4.78 is 11.6. The first kappa shape index (κ1) is 14.7. The van der Waals surface area contributed by atoms with Crippen molar-refractivity contribution >= 4 is 0 Å². The Bertz CT molecular complexity index is 164. The van der Waals surface area contributed by atoms with Gasteiger partial charge in [0.05, 0.1) is 6.33 Å². The van der Waals surface area contributed by atoms with E-state index >= 15 is 0 Å². The summed E-state index contributed by atoms with van der Waals surface area (Å²) in [6.07, 6.45) is 9.84. The molecule has 0 aromatic heterocycles. The summed E-state index contributed by atoms with van der Waals surface area (Å²) in [4.78, 5) is 0. The van der Waals surface area contributed by atoms with Crippen molar-refractivity contribution in [2.75, 3.05) is 0 Å². The summed E-state index contributed by atoms with van der Waals surface area (Å²) in [6, 6.07) is 0. The maximum atomic E-state index is 11.6. The molecule has 0 radical (unpaired) electrons. The lowest BCUT2D eigenvalue weighted by Crippen LogP contribution is -1.75. The van der Waals surface area contributed by atoms with E-state index in [0.717, 1.165) is 12.8 Å². The summed E-state index contributed by atoms with van der Waals surface area (Å²) in [6.45, 7) is 8.07. The van der Waals surface area contributed by atoms with Crippen molar-refractivity contribution in [2.45, 2.75) is 40.5 Å². The fraction of sp³-hybridized carbons (Fsp3) is 0.500. The van der Waals surface area contributed by atoms with Crippen LogP contribution in [0.25, 0.3) is 0 Å². The average Bonchev–Trinajstić information content (AvgIpc) is 2.18. The van der Waals surface area contributed by atoms with Gasteiger partial charge in [0.15, 0.2) is 0 Å². The fourth-order valence-electron chi connectivity index (χ4n) is 0.885.